The van der Waals surface area contributed by atoms with E-state index in [4.69, 9.17) is 4.74 Å². The number of amides is 1. The first-order valence-corrected chi connectivity index (χ1v) is 8.06. The Labute approximate surface area is 126 Å². The maximum atomic E-state index is 11.9. The Hall–Kier alpha value is -1.55. The van der Waals surface area contributed by atoms with Gasteiger partial charge < -0.3 is 15.0 Å². The Morgan fingerprint density at radius 3 is 2.95 bits per heavy atom. The predicted octanol–water partition coefficient (Wildman–Crippen LogP) is 1.77. The molecule has 4 heteroatoms. The maximum absolute atomic E-state index is 11.9. The Morgan fingerprint density at radius 1 is 1.24 bits per heavy atom. The number of carbonyl (C=O) groups is 1. The normalized spacial score (nSPS) is 16.9. The number of ether oxygens (including phenoxy) is 1. The van der Waals surface area contributed by atoms with Gasteiger partial charge in [0.1, 0.15) is 5.75 Å². The van der Waals surface area contributed by atoms with Crippen molar-refractivity contribution in [3.8, 4) is 5.75 Å². The van der Waals surface area contributed by atoms with Gasteiger partial charge in [0.2, 0.25) is 5.91 Å². The fourth-order valence-corrected chi connectivity index (χ4v) is 3.07. The number of likely N-dealkylation sites (tertiary alicyclic amines) is 1. The fourth-order valence-electron chi connectivity index (χ4n) is 3.07. The minimum Gasteiger partial charge on any atom is -0.493 e. The van der Waals surface area contributed by atoms with Crippen molar-refractivity contribution >= 4 is 5.91 Å². The fraction of sp³-hybridized carbons (Fsp3) is 0.588. The van der Waals surface area contributed by atoms with Crippen molar-refractivity contribution in [3.05, 3.63) is 29.3 Å². The number of fused-ring (bicyclic) bond motifs is 1. The Kier molecular flexibility index (Phi) is 4.76. The van der Waals surface area contributed by atoms with E-state index in [2.05, 4.69) is 23.5 Å². The zero-order valence-corrected chi connectivity index (χ0v) is 12.6. The molecule has 0 aromatic heterocycles. The van der Waals surface area contributed by atoms with Crippen LogP contribution in [0, 0.1) is 0 Å². The molecule has 0 saturated carbocycles. The van der Waals surface area contributed by atoms with Crippen LogP contribution in [0.3, 0.4) is 0 Å². The van der Waals surface area contributed by atoms with Crippen molar-refractivity contribution in [2.24, 2.45) is 0 Å². The number of nitrogens with zero attached hydrogens (tertiary/aromatic N) is 1. The van der Waals surface area contributed by atoms with Crippen LogP contribution in [0.2, 0.25) is 0 Å². The first-order valence-electron chi connectivity index (χ1n) is 8.06. The van der Waals surface area contributed by atoms with Gasteiger partial charge in [0.25, 0.3) is 0 Å². The highest BCUT2D eigenvalue weighted by molar-refractivity contribution is 5.76. The topological polar surface area (TPSA) is 41.6 Å². The van der Waals surface area contributed by atoms with E-state index in [0.29, 0.717) is 12.3 Å². The molecular formula is C17H24N2O2. The van der Waals surface area contributed by atoms with Gasteiger partial charge >= 0.3 is 0 Å². The molecule has 3 rings (SSSR count). The van der Waals surface area contributed by atoms with Crippen LogP contribution in [0.5, 0.6) is 5.75 Å². The summed E-state index contributed by atoms with van der Waals surface area (Å²) in [6.45, 7) is 4.43. The molecule has 1 fully saturated rings. The first kappa shape index (κ1) is 14.4. The molecule has 21 heavy (non-hydrogen) atoms. The summed E-state index contributed by atoms with van der Waals surface area (Å²) in [6, 6.07) is 6.47. The van der Waals surface area contributed by atoms with Crippen LogP contribution >= 0.6 is 0 Å². The van der Waals surface area contributed by atoms with Crippen molar-refractivity contribution in [1.82, 2.24) is 10.2 Å². The van der Waals surface area contributed by atoms with Crippen molar-refractivity contribution < 1.29 is 9.53 Å². The molecule has 0 unspecified atom stereocenters. The summed E-state index contributed by atoms with van der Waals surface area (Å²) in [7, 11) is 0. The van der Waals surface area contributed by atoms with Crippen molar-refractivity contribution in [2.75, 3.05) is 32.8 Å². The maximum Gasteiger partial charge on any atom is 0.223 e. The quantitative estimate of drug-likeness (QED) is 0.811. The zero-order chi connectivity index (χ0) is 14.5. The van der Waals surface area contributed by atoms with Gasteiger partial charge in [0, 0.05) is 32.5 Å². The van der Waals surface area contributed by atoms with Crippen LogP contribution < -0.4 is 10.1 Å². The molecule has 0 aliphatic carbocycles. The van der Waals surface area contributed by atoms with E-state index in [-0.39, 0.29) is 0 Å². The molecule has 114 valence electrons. The lowest BCUT2D eigenvalue weighted by molar-refractivity contribution is -0.130. The van der Waals surface area contributed by atoms with Gasteiger partial charge in [0.05, 0.1) is 6.61 Å². The van der Waals surface area contributed by atoms with Crippen LogP contribution in [-0.2, 0) is 17.6 Å². The van der Waals surface area contributed by atoms with Gasteiger partial charge in [-0.05, 0) is 43.0 Å². The second-order valence-corrected chi connectivity index (χ2v) is 5.88. The number of benzene rings is 1. The molecular weight excluding hydrogens is 264 g/mol. The van der Waals surface area contributed by atoms with Crippen molar-refractivity contribution in [2.45, 2.75) is 32.1 Å². The molecule has 1 N–H and O–H groups in total. The number of hydrogen-bond acceptors (Lipinski definition) is 3. The molecule has 0 atom stereocenters. The third-order valence-electron chi connectivity index (χ3n) is 4.32. The summed E-state index contributed by atoms with van der Waals surface area (Å²) < 4.78 is 5.51. The third-order valence-corrected chi connectivity index (χ3v) is 4.32. The highest BCUT2D eigenvalue weighted by atomic mass is 16.5. The molecule has 2 aliphatic heterocycles. The molecule has 2 aliphatic rings. The molecule has 0 spiro atoms. The molecule has 1 aromatic carbocycles. The van der Waals surface area contributed by atoms with E-state index in [1.807, 2.05) is 4.90 Å². The van der Waals surface area contributed by atoms with Gasteiger partial charge in [0.15, 0.2) is 0 Å². The average Bonchev–Trinajstić information content (AvgIpc) is 3.17. The lowest BCUT2D eigenvalue weighted by atomic mass is 10.1. The summed E-state index contributed by atoms with van der Waals surface area (Å²) >= 11 is 0. The van der Waals surface area contributed by atoms with E-state index in [0.717, 1.165) is 51.4 Å². The van der Waals surface area contributed by atoms with Crippen LogP contribution in [-0.4, -0.2) is 43.6 Å². The second-order valence-electron chi connectivity index (χ2n) is 5.88. The summed E-state index contributed by atoms with van der Waals surface area (Å²) in [5.74, 6) is 1.34. The number of carbonyl (C=O) groups excluding carboxylic acids is 1. The lowest BCUT2D eigenvalue weighted by Gasteiger charge is -2.15. The van der Waals surface area contributed by atoms with Crippen LogP contribution in [0.4, 0.5) is 0 Å². The number of nitrogens with one attached hydrogen (secondary N) is 1. The summed E-state index contributed by atoms with van der Waals surface area (Å²) in [4.78, 5) is 13.9. The first-order chi connectivity index (χ1) is 10.3. The molecule has 0 bridgehead atoms. The molecule has 4 nitrogen and oxygen atoms in total. The molecule has 1 saturated heterocycles. The average molecular weight is 288 g/mol. The van der Waals surface area contributed by atoms with Gasteiger partial charge in [-0.1, -0.05) is 12.1 Å². The number of rotatable bonds is 6. The Balaban J connectivity index is 1.34. The summed E-state index contributed by atoms with van der Waals surface area (Å²) in [6.07, 6.45) is 4.99. The summed E-state index contributed by atoms with van der Waals surface area (Å²) in [5.41, 5.74) is 2.68. The van der Waals surface area contributed by atoms with Crippen LogP contribution in [0.1, 0.15) is 30.4 Å². The SMILES string of the molecule is O=C(CCNCCc1ccc2c(c1)CCO2)N1CCCC1. The van der Waals surface area contributed by atoms with Gasteiger partial charge in [-0.2, -0.15) is 0 Å². The molecule has 1 aromatic rings. The highest BCUT2D eigenvalue weighted by Crippen LogP contribution is 2.25. The van der Waals surface area contributed by atoms with E-state index in [1.165, 1.54) is 24.0 Å². The smallest absolute Gasteiger partial charge is 0.223 e. The van der Waals surface area contributed by atoms with E-state index < -0.39 is 0 Å². The minimum absolute atomic E-state index is 0.301. The van der Waals surface area contributed by atoms with Crippen LogP contribution in [0.25, 0.3) is 0 Å². The highest BCUT2D eigenvalue weighted by Gasteiger charge is 2.16. The lowest BCUT2D eigenvalue weighted by Crippen LogP contribution is -2.31. The van der Waals surface area contributed by atoms with Gasteiger partial charge in [-0.3, -0.25) is 4.79 Å². The van der Waals surface area contributed by atoms with Gasteiger partial charge in [-0.15, -0.1) is 0 Å². The van der Waals surface area contributed by atoms with Crippen LogP contribution in [0.15, 0.2) is 18.2 Å². The number of hydrogen-bond donors (Lipinski definition) is 1. The Bertz CT molecular complexity index is 496. The summed E-state index contributed by atoms with van der Waals surface area (Å²) in [5, 5.41) is 3.38. The molecule has 0 radical (unpaired) electrons. The standard InChI is InChI=1S/C17H24N2O2/c20-17(19-10-1-2-11-19)6-9-18-8-5-14-3-4-16-15(13-14)7-12-21-16/h3-4,13,18H,1-2,5-12H2. The Morgan fingerprint density at radius 2 is 2.10 bits per heavy atom. The minimum atomic E-state index is 0.301. The van der Waals surface area contributed by atoms with Crippen molar-refractivity contribution in [1.29, 1.82) is 0 Å². The zero-order valence-electron chi connectivity index (χ0n) is 12.6. The van der Waals surface area contributed by atoms with E-state index in [1.54, 1.807) is 0 Å². The van der Waals surface area contributed by atoms with Crippen molar-refractivity contribution in [3.63, 3.8) is 0 Å². The largest absolute Gasteiger partial charge is 0.493 e. The molecule has 2 heterocycles. The third kappa shape index (κ3) is 3.76. The monoisotopic (exact) mass is 288 g/mol. The second kappa shape index (κ2) is 6.94. The predicted molar refractivity (Wildman–Crippen MR) is 82.6 cm³/mol. The van der Waals surface area contributed by atoms with E-state index in [9.17, 15) is 4.79 Å². The van der Waals surface area contributed by atoms with Gasteiger partial charge in [-0.25, -0.2) is 0 Å². The molecule has 1 amide bonds. The van der Waals surface area contributed by atoms with E-state index >= 15 is 0 Å².